The van der Waals surface area contributed by atoms with Gasteiger partial charge in [0.15, 0.2) is 0 Å². The van der Waals surface area contributed by atoms with E-state index in [9.17, 15) is 22.8 Å². The summed E-state index contributed by atoms with van der Waals surface area (Å²) >= 11 is 0. The number of carbonyl (C=O) groups excluding carboxylic acids is 2. The maximum absolute atomic E-state index is 12.9. The Labute approximate surface area is 186 Å². The van der Waals surface area contributed by atoms with E-state index in [-0.39, 0.29) is 23.9 Å². The number of nitrogens with zero attached hydrogens (tertiary/aromatic N) is 3. The number of amides is 3. The fourth-order valence-electron chi connectivity index (χ4n) is 4.20. The fraction of sp³-hybridized carbons (Fsp3) is 0.636. The van der Waals surface area contributed by atoms with Gasteiger partial charge in [-0.25, -0.2) is 4.79 Å². The summed E-state index contributed by atoms with van der Waals surface area (Å²) in [6, 6.07) is 4.85. The Kier molecular flexibility index (Phi) is 8.00. The molecule has 0 radical (unpaired) electrons. The molecule has 1 atom stereocenters. The van der Waals surface area contributed by atoms with Crippen molar-refractivity contribution in [2.45, 2.75) is 25.1 Å². The second kappa shape index (κ2) is 10.5. The number of piperidine rings is 1. The molecule has 2 saturated heterocycles. The Balaban J connectivity index is 1.62. The maximum Gasteiger partial charge on any atom is 0.416 e. The molecule has 0 saturated carbocycles. The van der Waals surface area contributed by atoms with Gasteiger partial charge in [-0.05, 0) is 30.5 Å². The fourth-order valence-corrected chi connectivity index (χ4v) is 4.20. The van der Waals surface area contributed by atoms with E-state index in [0.717, 1.165) is 17.7 Å². The first-order chi connectivity index (χ1) is 15.2. The van der Waals surface area contributed by atoms with Gasteiger partial charge in [0.2, 0.25) is 5.91 Å². The molecular weight excluding hydrogens is 425 g/mol. The summed E-state index contributed by atoms with van der Waals surface area (Å²) in [7, 11) is 3.41. The number of hydrogen-bond donors (Lipinski definition) is 1. The van der Waals surface area contributed by atoms with E-state index in [1.54, 1.807) is 19.0 Å². The van der Waals surface area contributed by atoms with Crippen molar-refractivity contribution in [1.82, 2.24) is 20.0 Å². The third-order valence-corrected chi connectivity index (χ3v) is 6.10. The van der Waals surface area contributed by atoms with Gasteiger partial charge >= 0.3 is 12.2 Å². The number of halogens is 3. The van der Waals surface area contributed by atoms with Crippen LogP contribution in [-0.4, -0.2) is 86.7 Å². The minimum atomic E-state index is -4.38. The molecule has 10 heteroatoms. The first kappa shape index (κ1) is 24.3. The zero-order valence-corrected chi connectivity index (χ0v) is 18.5. The topological polar surface area (TPSA) is 65.1 Å². The van der Waals surface area contributed by atoms with Crippen molar-refractivity contribution in [3.63, 3.8) is 0 Å². The lowest BCUT2D eigenvalue weighted by molar-refractivity contribution is -0.137. The number of carbonyl (C=O) groups is 2. The highest BCUT2D eigenvalue weighted by molar-refractivity contribution is 5.79. The zero-order chi connectivity index (χ0) is 23.3. The van der Waals surface area contributed by atoms with Gasteiger partial charge in [-0.3, -0.25) is 9.69 Å². The van der Waals surface area contributed by atoms with Crippen molar-refractivity contribution < 1.29 is 27.5 Å². The molecule has 2 heterocycles. The van der Waals surface area contributed by atoms with Crippen molar-refractivity contribution >= 4 is 11.9 Å². The number of nitrogens with one attached hydrogen (secondary N) is 1. The van der Waals surface area contributed by atoms with Crippen LogP contribution in [-0.2, 0) is 15.7 Å². The first-order valence-corrected chi connectivity index (χ1v) is 10.9. The van der Waals surface area contributed by atoms with E-state index in [1.807, 2.05) is 0 Å². The molecule has 3 rings (SSSR count). The van der Waals surface area contributed by atoms with Gasteiger partial charge in [0.1, 0.15) is 0 Å². The number of benzene rings is 1. The number of ether oxygens (including phenoxy) is 1. The van der Waals surface area contributed by atoms with E-state index in [2.05, 4.69) is 10.2 Å². The van der Waals surface area contributed by atoms with Crippen molar-refractivity contribution in [2.75, 3.05) is 60.0 Å². The van der Waals surface area contributed by atoms with Gasteiger partial charge in [0.25, 0.3) is 0 Å². The predicted molar refractivity (Wildman–Crippen MR) is 113 cm³/mol. The SMILES string of the molecule is CN(C)C(=O)N1CCC(C(=O)NCC(c2ccc(C(F)(F)F)cc2)N2CCOCC2)CC1. The average Bonchev–Trinajstić information content (AvgIpc) is 2.79. The van der Waals surface area contributed by atoms with Crippen LogP contribution in [0, 0.1) is 5.92 Å². The first-order valence-electron chi connectivity index (χ1n) is 10.9. The number of urea groups is 1. The lowest BCUT2D eigenvalue weighted by atomic mass is 9.95. The molecule has 32 heavy (non-hydrogen) atoms. The van der Waals surface area contributed by atoms with Crippen molar-refractivity contribution in [3.8, 4) is 0 Å². The van der Waals surface area contributed by atoms with Crippen LogP contribution in [0.4, 0.5) is 18.0 Å². The number of morpholine rings is 1. The van der Waals surface area contributed by atoms with Gasteiger partial charge < -0.3 is 19.9 Å². The summed E-state index contributed by atoms with van der Waals surface area (Å²) in [5, 5.41) is 3.00. The lowest BCUT2D eigenvalue weighted by Crippen LogP contribution is -2.48. The Hall–Kier alpha value is -2.33. The number of rotatable bonds is 5. The molecule has 1 N–H and O–H groups in total. The molecule has 2 aliphatic heterocycles. The molecule has 0 bridgehead atoms. The number of alkyl halides is 3. The molecule has 1 unspecified atom stereocenters. The molecule has 2 aliphatic rings. The van der Waals surface area contributed by atoms with Crippen LogP contribution in [0.15, 0.2) is 24.3 Å². The van der Waals surface area contributed by atoms with E-state index in [1.165, 1.54) is 17.0 Å². The largest absolute Gasteiger partial charge is 0.416 e. The highest BCUT2D eigenvalue weighted by atomic mass is 19.4. The van der Waals surface area contributed by atoms with Crippen LogP contribution in [0.5, 0.6) is 0 Å². The minimum Gasteiger partial charge on any atom is -0.379 e. The zero-order valence-electron chi connectivity index (χ0n) is 18.5. The van der Waals surface area contributed by atoms with Crippen LogP contribution in [0.2, 0.25) is 0 Å². The van der Waals surface area contributed by atoms with Gasteiger partial charge in [0, 0.05) is 52.7 Å². The van der Waals surface area contributed by atoms with E-state index in [0.29, 0.717) is 58.8 Å². The van der Waals surface area contributed by atoms with Gasteiger partial charge in [-0.1, -0.05) is 12.1 Å². The van der Waals surface area contributed by atoms with Crippen LogP contribution in [0.25, 0.3) is 0 Å². The molecule has 2 fully saturated rings. The molecule has 1 aromatic rings. The van der Waals surface area contributed by atoms with Gasteiger partial charge in [-0.15, -0.1) is 0 Å². The molecule has 3 amide bonds. The highest BCUT2D eigenvalue weighted by Gasteiger charge is 2.32. The quantitative estimate of drug-likeness (QED) is 0.740. The summed E-state index contributed by atoms with van der Waals surface area (Å²) < 4.78 is 44.2. The van der Waals surface area contributed by atoms with Crippen LogP contribution >= 0.6 is 0 Å². The molecule has 0 aromatic heterocycles. The summed E-state index contributed by atoms with van der Waals surface area (Å²) in [6.45, 7) is 3.74. The molecule has 7 nitrogen and oxygen atoms in total. The smallest absolute Gasteiger partial charge is 0.379 e. The van der Waals surface area contributed by atoms with Crippen molar-refractivity contribution in [3.05, 3.63) is 35.4 Å². The maximum atomic E-state index is 12.9. The standard InChI is InChI=1S/C22H31F3N4O3/c1-27(2)21(31)29-9-7-17(8-10-29)20(30)26-15-19(28-11-13-32-14-12-28)16-3-5-18(6-4-16)22(23,24)25/h3-6,17,19H,7-15H2,1-2H3,(H,26,30). The Morgan fingerprint density at radius 3 is 2.22 bits per heavy atom. The molecule has 0 aliphatic carbocycles. The summed E-state index contributed by atoms with van der Waals surface area (Å²) in [6.07, 6.45) is -3.20. The van der Waals surface area contributed by atoms with E-state index in [4.69, 9.17) is 4.74 Å². The molecule has 1 aromatic carbocycles. The second-order valence-corrected chi connectivity index (χ2v) is 8.47. The van der Waals surface area contributed by atoms with Gasteiger partial charge in [0.05, 0.1) is 24.8 Å². The molecular formula is C22H31F3N4O3. The summed E-state index contributed by atoms with van der Waals surface area (Å²) in [4.78, 5) is 30.3. The number of likely N-dealkylation sites (tertiary alicyclic amines) is 1. The monoisotopic (exact) mass is 456 g/mol. The normalized spacial score (nSPS) is 19.5. The third kappa shape index (κ3) is 6.13. The van der Waals surface area contributed by atoms with Crippen LogP contribution < -0.4 is 5.32 Å². The summed E-state index contributed by atoms with van der Waals surface area (Å²) in [5.41, 5.74) is 0.0386. The van der Waals surface area contributed by atoms with E-state index < -0.39 is 11.7 Å². The van der Waals surface area contributed by atoms with Gasteiger partial charge in [-0.2, -0.15) is 13.2 Å². The van der Waals surface area contributed by atoms with Crippen LogP contribution in [0.1, 0.15) is 30.0 Å². The molecule has 0 spiro atoms. The van der Waals surface area contributed by atoms with Crippen LogP contribution in [0.3, 0.4) is 0 Å². The summed E-state index contributed by atoms with van der Waals surface area (Å²) in [5.74, 6) is -0.258. The minimum absolute atomic E-state index is 0.0569. The van der Waals surface area contributed by atoms with Crippen molar-refractivity contribution in [2.24, 2.45) is 5.92 Å². The lowest BCUT2D eigenvalue weighted by Gasteiger charge is -2.36. The number of hydrogen-bond acceptors (Lipinski definition) is 4. The Morgan fingerprint density at radius 1 is 1.09 bits per heavy atom. The highest BCUT2D eigenvalue weighted by Crippen LogP contribution is 2.31. The Morgan fingerprint density at radius 2 is 1.69 bits per heavy atom. The predicted octanol–water partition coefficient (Wildman–Crippen LogP) is 2.59. The second-order valence-electron chi connectivity index (χ2n) is 8.47. The van der Waals surface area contributed by atoms with E-state index >= 15 is 0 Å². The Bertz CT molecular complexity index is 772. The average molecular weight is 457 g/mol. The molecule has 178 valence electrons. The van der Waals surface area contributed by atoms with Crippen molar-refractivity contribution in [1.29, 1.82) is 0 Å². The third-order valence-electron chi connectivity index (χ3n) is 6.10.